The lowest BCUT2D eigenvalue weighted by Gasteiger charge is -2.23. The summed E-state index contributed by atoms with van der Waals surface area (Å²) in [6.07, 6.45) is 0.910. The molecule has 1 unspecified atom stereocenters. The second-order valence-electron chi connectivity index (χ2n) is 8.06. The summed E-state index contributed by atoms with van der Waals surface area (Å²) in [5.41, 5.74) is 2.39. The van der Waals surface area contributed by atoms with Gasteiger partial charge in [0.05, 0.1) is 16.1 Å². The van der Waals surface area contributed by atoms with Gasteiger partial charge in [-0.3, -0.25) is 4.79 Å². The number of esters is 1. The third-order valence-corrected chi connectivity index (χ3v) is 7.20. The minimum absolute atomic E-state index is 0.00541. The van der Waals surface area contributed by atoms with E-state index in [2.05, 4.69) is 5.32 Å². The van der Waals surface area contributed by atoms with Gasteiger partial charge in [-0.25, -0.2) is 17.5 Å². The van der Waals surface area contributed by atoms with E-state index in [1.54, 1.807) is 18.2 Å². The first kappa shape index (κ1) is 23.7. The molecule has 0 saturated carbocycles. The molecule has 1 N–H and O–H groups in total. The zero-order valence-electron chi connectivity index (χ0n) is 18.8. The van der Waals surface area contributed by atoms with Gasteiger partial charge in [-0.2, -0.15) is 0 Å². The van der Waals surface area contributed by atoms with E-state index in [4.69, 9.17) is 4.74 Å². The maximum Gasteiger partial charge on any atom is 0.341 e. The van der Waals surface area contributed by atoms with Crippen LogP contribution in [0.1, 0.15) is 35.7 Å². The summed E-state index contributed by atoms with van der Waals surface area (Å²) >= 11 is 0. The number of benzene rings is 2. The summed E-state index contributed by atoms with van der Waals surface area (Å²) in [5, 5.41) is 2.72. The van der Waals surface area contributed by atoms with Crippen LogP contribution in [-0.2, 0) is 19.6 Å². The molecule has 2 aromatic carbocycles. The fraction of sp³-hybridized carbons (Fsp3) is 0.391. The fourth-order valence-corrected chi connectivity index (χ4v) is 4.37. The van der Waals surface area contributed by atoms with Crippen molar-refractivity contribution in [2.45, 2.75) is 37.7 Å². The first-order valence-corrected chi connectivity index (χ1v) is 11.9. The lowest BCUT2D eigenvalue weighted by atomic mass is 10.1. The predicted octanol–water partition coefficient (Wildman–Crippen LogP) is 3.03. The van der Waals surface area contributed by atoms with Gasteiger partial charge in [0.15, 0.2) is 6.10 Å². The van der Waals surface area contributed by atoms with Crippen molar-refractivity contribution in [1.82, 2.24) is 4.31 Å². The number of nitrogens with zero attached hydrogens (tertiary/aromatic N) is 2. The summed E-state index contributed by atoms with van der Waals surface area (Å²) in [5.74, 6) is -1.21. The molecule has 0 aliphatic carbocycles. The van der Waals surface area contributed by atoms with E-state index in [9.17, 15) is 18.0 Å². The maximum atomic E-state index is 13.0. The molecule has 2 aromatic rings. The van der Waals surface area contributed by atoms with Gasteiger partial charge in [0.1, 0.15) is 0 Å². The Balaban J connectivity index is 1.84. The van der Waals surface area contributed by atoms with Gasteiger partial charge >= 0.3 is 5.97 Å². The second kappa shape index (κ2) is 9.70. The standard InChI is InChI=1S/C23H29N3O5S/c1-16-7-9-18(10-8-16)24-22(27)17(2)31-23(28)20-15-19(32(29,30)25(3)4)11-12-21(20)26-13-5-6-14-26/h7-12,15,17H,5-6,13-14H2,1-4H3,(H,24,27). The number of sulfonamides is 1. The Morgan fingerprint density at radius 3 is 2.28 bits per heavy atom. The highest BCUT2D eigenvalue weighted by Crippen LogP contribution is 2.29. The molecule has 1 atom stereocenters. The Hall–Kier alpha value is -2.91. The van der Waals surface area contributed by atoms with Crippen LogP contribution in [0.5, 0.6) is 0 Å². The Kier molecular flexibility index (Phi) is 7.20. The highest BCUT2D eigenvalue weighted by atomic mass is 32.2. The molecule has 8 nitrogen and oxygen atoms in total. The monoisotopic (exact) mass is 459 g/mol. The molecule has 9 heteroatoms. The SMILES string of the molecule is Cc1ccc(NC(=O)C(C)OC(=O)c2cc(S(=O)(=O)N(C)C)ccc2N2CCCC2)cc1. The van der Waals surface area contributed by atoms with Crippen LogP contribution in [0.2, 0.25) is 0 Å². The van der Waals surface area contributed by atoms with Crippen molar-refractivity contribution in [1.29, 1.82) is 0 Å². The van der Waals surface area contributed by atoms with Crippen molar-refractivity contribution < 1.29 is 22.7 Å². The molecule has 1 aliphatic heterocycles. The summed E-state index contributed by atoms with van der Waals surface area (Å²) < 4.78 is 31.7. The van der Waals surface area contributed by atoms with E-state index in [1.165, 1.54) is 33.2 Å². The van der Waals surface area contributed by atoms with Crippen molar-refractivity contribution in [2.24, 2.45) is 0 Å². The van der Waals surface area contributed by atoms with Gasteiger partial charge in [-0.15, -0.1) is 0 Å². The second-order valence-corrected chi connectivity index (χ2v) is 10.2. The number of anilines is 2. The van der Waals surface area contributed by atoms with Crippen LogP contribution in [0.4, 0.5) is 11.4 Å². The van der Waals surface area contributed by atoms with Crippen molar-refractivity contribution >= 4 is 33.3 Å². The first-order chi connectivity index (χ1) is 15.1. The van der Waals surface area contributed by atoms with Crippen LogP contribution >= 0.6 is 0 Å². The zero-order valence-corrected chi connectivity index (χ0v) is 19.6. The molecule has 172 valence electrons. The van der Waals surface area contributed by atoms with E-state index in [0.717, 1.165) is 35.8 Å². The number of amides is 1. The van der Waals surface area contributed by atoms with Crippen molar-refractivity contribution in [3.8, 4) is 0 Å². The summed E-state index contributed by atoms with van der Waals surface area (Å²) in [6, 6.07) is 11.7. The molecule has 3 rings (SSSR count). The summed E-state index contributed by atoms with van der Waals surface area (Å²) in [6.45, 7) is 4.96. The average Bonchev–Trinajstić information content (AvgIpc) is 3.29. The van der Waals surface area contributed by atoms with Crippen LogP contribution in [0, 0.1) is 6.92 Å². The fourth-order valence-electron chi connectivity index (χ4n) is 3.44. The molecule has 0 radical (unpaired) electrons. The molecule has 32 heavy (non-hydrogen) atoms. The Labute approximate surface area is 189 Å². The quantitative estimate of drug-likeness (QED) is 0.640. The van der Waals surface area contributed by atoms with Gasteiger partial charge in [-0.05, 0) is 57.0 Å². The zero-order chi connectivity index (χ0) is 23.5. The number of hydrogen-bond acceptors (Lipinski definition) is 6. The first-order valence-electron chi connectivity index (χ1n) is 10.5. The van der Waals surface area contributed by atoms with Gasteiger partial charge < -0.3 is 15.0 Å². The lowest BCUT2D eigenvalue weighted by molar-refractivity contribution is -0.123. The van der Waals surface area contributed by atoms with Crippen LogP contribution in [0.3, 0.4) is 0 Å². The van der Waals surface area contributed by atoms with E-state index < -0.39 is 28.0 Å². The number of aryl methyl sites for hydroxylation is 1. The third kappa shape index (κ3) is 5.28. The minimum Gasteiger partial charge on any atom is -0.449 e. The topological polar surface area (TPSA) is 96.0 Å². The van der Waals surface area contributed by atoms with Gasteiger partial charge in [0.2, 0.25) is 10.0 Å². The van der Waals surface area contributed by atoms with Crippen LogP contribution < -0.4 is 10.2 Å². The molecule has 1 aliphatic rings. The predicted molar refractivity (Wildman–Crippen MR) is 123 cm³/mol. The molecule has 1 fully saturated rings. The van der Waals surface area contributed by atoms with Crippen LogP contribution in [-0.4, -0.2) is 57.9 Å². The van der Waals surface area contributed by atoms with Crippen LogP contribution in [0.25, 0.3) is 0 Å². The van der Waals surface area contributed by atoms with Gasteiger partial charge in [0.25, 0.3) is 5.91 Å². The molecule has 0 aromatic heterocycles. The number of carbonyl (C=O) groups is 2. The summed E-state index contributed by atoms with van der Waals surface area (Å²) in [7, 11) is -0.875. The normalized spacial score (nSPS) is 15.0. The van der Waals surface area contributed by atoms with Gasteiger partial charge in [-0.1, -0.05) is 17.7 Å². The largest absolute Gasteiger partial charge is 0.449 e. The van der Waals surface area contributed by atoms with E-state index in [-0.39, 0.29) is 10.5 Å². The van der Waals surface area contributed by atoms with Gasteiger partial charge in [0, 0.05) is 32.9 Å². The molecule has 0 spiro atoms. The number of rotatable bonds is 7. The molecule has 1 saturated heterocycles. The molecule has 0 bridgehead atoms. The number of ether oxygens (including phenoxy) is 1. The molecular formula is C23H29N3O5S. The highest BCUT2D eigenvalue weighted by molar-refractivity contribution is 7.89. The lowest BCUT2D eigenvalue weighted by Crippen LogP contribution is -2.31. The molecular weight excluding hydrogens is 430 g/mol. The highest BCUT2D eigenvalue weighted by Gasteiger charge is 2.27. The minimum atomic E-state index is -3.73. The Bertz CT molecular complexity index is 1090. The number of carbonyl (C=O) groups excluding carboxylic acids is 2. The molecule has 1 heterocycles. The third-order valence-electron chi connectivity index (χ3n) is 5.39. The van der Waals surface area contributed by atoms with Crippen LogP contribution in [0.15, 0.2) is 47.4 Å². The Morgan fingerprint density at radius 2 is 1.69 bits per heavy atom. The average molecular weight is 460 g/mol. The van der Waals surface area contributed by atoms with E-state index in [0.29, 0.717) is 11.4 Å². The van der Waals surface area contributed by atoms with Crippen molar-refractivity contribution in [3.63, 3.8) is 0 Å². The maximum absolute atomic E-state index is 13.0. The van der Waals surface area contributed by atoms with Crippen molar-refractivity contribution in [2.75, 3.05) is 37.4 Å². The van der Waals surface area contributed by atoms with E-state index >= 15 is 0 Å². The summed E-state index contributed by atoms with van der Waals surface area (Å²) in [4.78, 5) is 27.6. The Morgan fingerprint density at radius 1 is 1.06 bits per heavy atom. The molecule has 1 amide bonds. The van der Waals surface area contributed by atoms with E-state index in [1.807, 2.05) is 24.0 Å². The smallest absolute Gasteiger partial charge is 0.341 e. The number of nitrogens with one attached hydrogen (secondary N) is 1. The number of hydrogen-bond donors (Lipinski definition) is 1. The van der Waals surface area contributed by atoms with Crippen molar-refractivity contribution in [3.05, 3.63) is 53.6 Å².